The topological polar surface area (TPSA) is 64.6 Å². The van der Waals surface area contributed by atoms with Crippen LogP contribution in [0.4, 0.5) is 0 Å². The number of hydrogen-bond acceptors (Lipinski definition) is 5. The van der Waals surface area contributed by atoms with Crippen molar-refractivity contribution >= 4 is 11.9 Å². The van der Waals surface area contributed by atoms with Crippen LogP contribution in [0.5, 0.6) is 0 Å². The summed E-state index contributed by atoms with van der Waals surface area (Å²) in [7, 11) is 0. The summed E-state index contributed by atoms with van der Waals surface area (Å²) in [5, 5.41) is 3.02. The quantitative estimate of drug-likeness (QED) is 0.844. The summed E-state index contributed by atoms with van der Waals surface area (Å²) in [5.41, 5.74) is 0.495. The minimum absolute atomic E-state index is 0.144. The molecule has 0 saturated heterocycles. The Morgan fingerprint density at radius 3 is 1.91 bits per heavy atom. The molecule has 0 aliphatic heterocycles. The zero-order chi connectivity index (χ0) is 17.7. The second kappa shape index (κ2) is 7.59. The highest BCUT2D eigenvalue weighted by Gasteiger charge is 2.18. The SMILES string of the molecule is CC(C)(C)OC(=O)CNCc1ccc(C(=O)OC(C)(C)C)cc1. The summed E-state index contributed by atoms with van der Waals surface area (Å²) in [5.74, 6) is -0.631. The van der Waals surface area contributed by atoms with E-state index < -0.39 is 11.2 Å². The third-order valence-electron chi connectivity index (χ3n) is 2.61. The number of esters is 2. The summed E-state index contributed by atoms with van der Waals surface area (Å²) in [6.07, 6.45) is 0. The van der Waals surface area contributed by atoms with Crippen molar-refractivity contribution in [1.82, 2.24) is 5.32 Å². The molecule has 1 aromatic rings. The van der Waals surface area contributed by atoms with E-state index in [9.17, 15) is 9.59 Å². The summed E-state index contributed by atoms with van der Waals surface area (Å²) in [6.45, 7) is 11.7. The molecule has 0 heterocycles. The molecule has 128 valence electrons. The Morgan fingerprint density at radius 2 is 1.43 bits per heavy atom. The van der Waals surface area contributed by atoms with E-state index in [0.717, 1.165) is 5.56 Å². The standard InChI is InChI=1S/C18H27NO4/c1-17(2,3)22-15(20)12-19-11-13-7-9-14(10-8-13)16(21)23-18(4,5)6/h7-10,19H,11-12H2,1-6H3. The molecule has 0 atom stereocenters. The molecule has 0 aromatic heterocycles. The minimum atomic E-state index is -0.509. The van der Waals surface area contributed by atoms with Crippen LogP contribution in [0.25, 0.3) is 0 Å². The van der Waals surface area contributed by atoms with E-state index in [1.807, 2.05) is 53.7 Å². The summed E-state index contributed by atoms with van der Waals surface area (Å²) >= 11 is 0. The Balaban J connectivity index is 2.46. The number of hydrogen-bond donors (Lipinski definition) is 1. The van der Waals surface area contributed by atoms with E-state index in [1.165, 1.54) is 0 Å². The number of ether oxygens (including phenoxy) is 2. The third-order valence-corrected chi connectivity index (χ3v) is 2.61. The number of rotatable bonds is 5. The molecule has 23 heavy (non-hydrogen) atoms. The fourth-order valence-electron chi connectivity index (χ4n) is 1.78. The van der Waals surface area contributed by atoms with Crippen LogP contribution >= 0.6 is 0 Å². The van der Waals surface area contributed by atoms with Gasteiger partial charge in [0.2, 0.25) is 0 Å². The van der Waals surface area contributed by atoms with E-state index in [0.29, 0.717) is 12.1 Å². The van der Waals surface area contributed by atoms with Gasteiger partial charge in [0, 0.05) is 6.54 Å². The highest BCUT2D eigenvalue weighted by molar-refractivity contribution is 5.89. The van der Waals surface area contributed by atoms with Gasteiger partial charge in [0.15, 0.2) is 0 Å². The molecule has 0 spiro atoms. The molecule has 0 fully saturated rings. The average Bonchev–Trinajstić information content (AvgIpc) is 2.35. The second-order valence-electron chi connectivity index (χ2n) is 7.39. The second-order valence-corrected chi connectivity index (χ2v) is 7.39. The van der Waals surface area contributed by atoms with E-state index >= 15 is 0 Å². The Hall–Kier alpha value is -1.88. The van der Waals surface area contributed by atoms with Crippen molar-refractivity contribution < 1.29 is 19.1 Å². The van der Waals surface area contributed by atoms with Gasteiger partial charge in [-0.05, 0) is 59.2 Å². The van der Waals surface area contributed by atoms with Gasteiger partial charge >= 0.3 is 11.9 Å². The van der Waals surface area contributed by atoms with Crippen LogP contribution in [0.15, 0.2) is 24.3 Å². The number of carbonyl (C=O) groups is 2. The number of carbonyl (C=O) groups excluding carboxylic acids is 2. The van der Waals surface area contributed by atoms with Gasteiger partial charge in [-0.3, -0.25) is 4.79 Å². The van der Waals surface area contributed by atoms with E-state index in [2.05, 4.69) is 5.32 Å². The lowest BCUT2D eigenvalue weighted by molar-refractivity contribution is -0.153. The first-order valence-electron chi connectivity index (χ1n) is 7.71. The number of nitrogens with one attached hydrogen (secondary N) is 1. The van der Waals surface area contributed by atoms with Crippen LogP contribution in [0.3, 0.4) is 0 Å². The first-order chi connectivity index (χ1) is 10.5. The predicted octanol–water partition coefficient (Wildman–Crippen LogP) is 3.07. The van der Waals surface area contributed by atoms with Crippen LogP contribution in [0.2, 0.25) is 0 Å². The fourth-order valence-corrected chi connectivity index (χ4v) is 1.78. The zero-order valence-electron chi connectivity index (χ0n) is 14.9. The van der Waals surface area contributed by atoms with Crippen molar-refractivity contribution in [2.45, 2.75) is 59.3 Å². The summed E-state index contributed by atoms with van der Waals surface area (Å²) in [6, 6.07) is 7.11. The maximum atomic E-state index is 11.9. The Bertz CT molecular complexity index is 536. The highest BCUT2D eigenvalue weighted by atomic mass is 16.6. The molecule has 0 bridgehead atoms. The van der Waals surface area contributed by atoms with Gasteiger partial charge in [-0.2, -0.15) is 0 Å². The molecule has 0 aliphatic carbocycles. The molecular weight excluding hydrogens is 294 g/mol. The lowest BCUT2D eigenvalue weighted by atomic mass is 10.1. The van der Waals surface area contributed by atoms with Gasteiger partial charge in [0.25, 0.3) is 0 Å². The molecule has 0 amide bonds. The van der Waals surface area contributed by atoms with Crippen molar-refractivity contribution in [3.63, 3.8) is 0 Å². The Labute approximate surface area is 138 Å². The minimum Gasteiger partial charge on any atom is -0.459 e. The summed E-state index contributed by atoms with van der Waals surface area (Å²) < 4.78 is 10.5. The van der Waals surface area contributed by atoms with Crippen LogP contribution in [0.1, 0.15) is 57.5 Å². The highest BCUT2D eigenvalue weighted by Crippen LogP contribution is 2.13. The zero-order valence-corrected chi connectivity index (χ0v) is 14.9. The molecule has 5 nitrogen and oxygen atoms in total. The van der Waals surface area contributed by atoms with Crippen molar-refractivity contribution in [2.24, 2.45) is 0 Å². The van der Waals surface area contributed by atoms with Crippen molar-refractivity contribution in [1.29, 1.82) is 0 Å². The van der Waals surface area contributed by atoms with Gasteiger partial charge < -0.3 is 14.8 Å². The van der Waals surface area contributed by atoms with Crippen LogP contribution < -0.4 is 5.32 Å². The van der Waals surface area contributed by atoms with Crippen molar-refractivity contribution in [3.8, 4) is 0 Å². The molecule has 0 unspecified atom stereocenters. The molecule has 0 saturated carbocycles. The first-order valence-corrected chi connectivity index (χ1v) is 7.71. The third kappa shape index (κ3) is 8.35. The van der Waals surface area contributed by atoms with Crippen molar-refractivity contribution in [3.05, 3.63) is 35.4 Å². The maximum Gasteiger partial charge on any atom is 0.338 e. The van der Waals surface area contributed by atoms with E-state index in [-0.39, 0.29) is 18.5 Å². The van der Waals surface area contributed by atoms with Crippen molar-refractivity contribution in [2.75, 3.05) is 6.54 Å². The fraction of sp³-hybridized carbons (Fsp3) is 0.556. The molecular formula is C18H27NO4. The Kier molecular flexibility index (Phi) is 6.33. The van der Waals surface area contributed by atoms with Crippen LogP contribution in [-0.4, -0.2) is 29.7 Å². The maximum absolute atomic E-state index is 11.9. The van der Waals surface area contributed by atoms with Gasteiger partial charge in [-0.25, -0.2) is 4.79 Å². The molecule has 0 radical (unpaired) electrons. The largest absolute Gasteiger partial charge is 0.459 e. The van der Waals surface area contributed by atoms with E-state index in [4.69, 9.17) is 9.47 Å². The van der Waals surface area contributed by atoms with E-state index in [1.54, 1.807) is 12.1 Å². The molecule has 0 aliphatic rings. The lowest BCUT2D eigenvalue weighted by Crippen LogP contribution is -2.31. The summed E-state index contributed by atoms with van der Waals surface area (Å²) in [4.78, 5) is 23.5. The van der Waals surface area contributed by atoms with Gasteiger partial charge in [0.1, 0.15) is 11.2 Å². The van der Waals surface area contributed by atoms with Gasteiger partial charge in [0.05, 0.1) is 12.1 Å². The monoisotopic (exact) mass is 321 g/mol. The molecule has 5 heteroatoms. The average molecular weight is 321 g/mol. The lowest BCUT2D eigenvalue weighted by Gasteiger charge is -2.20. The predicted molar refractivity (Wildman–Crippen MR) is 89.2 cm³/mol. The normalized spacial score (nSPS) is 11.9. The van der Waals surface area contributed by atoms with Crippen LogP contribution in [0, 0.1) is 0 Å². The van der Waals surface area contributed by atoms with Crippen LogP contribution in [-0.2, 0) is 20.8 Å². The molecule has 1 N–H and O–H groups in total. The smallest absolute Gasteiger partial charge is 0.338 e. The van der Waals surface area contributed by atoms with Gasteiger partial charge in [-0.1, -0.05) is 12.1 Å². The number of benzene rings is 1. The van der Waals surface area contributed by atoms with Gasteiger partial charge in [-0.15, -0.1) is 0 Å². The Morgan fingerprint density at radius 1 is 0.913 bits per heavy atom. The molecule has 1 rings (SSSR count). The molecule has 1 aromatic carbocycles. The first kappa shape index (κ1) is 19.2.